The molecule has 0 amide bonds. The third-order valence-electron chi connectivity index (χ3n) is 11.1. The van der Waals surface area contributed by atoms with Crippen LogP contribution in [0.15, 0.2) is 176 Å². The molecule has 0 saturated carbocycles. The Bertz CT molecular complexity index is 3420. The standard InChI is InChI=1S/C50H29N5/c1-52-34-27-28-46-41(30-34)39-18-4-6-21-42(39)53(46)35-15-10-13-32(29-35)36-20-11-14-33(31-51)50(36)55-45-24-9-5-19-40(45)49-47(25-12-26-48(49)55)54-43-22-7-2-16-37(43)38-17-3-8-23-44(38)54/h2-30H. The van der Waals surface area contributed by atoms with Gasteiger partial charge in [-0.15, -0.1) is 0 Å². The van der Waals surface area contributed by atoms with Gasteiger partial charge in [-0.1, -0.05) is 109 Å². The van der Waals surface area contributed by atoms with Crippen molar-refractivity contribution in [2.45, 2.75) is 0 Å². The molecule has 0 aliphatic carbocycles. The van der Waals surface area contributed by atoms with Gasteiger partial charge in [0.25, 0.3) is 0 Å². The van der Waals surface area contributed by atoms with Crippen molar-refractivity contribution in [3.05, 3.63) is 193 Å². The van der Waals surface area contributed by atoms with Crippen molar-refractivity contribution < 1.29 is 0 Å². The lowest BCUT2D eigenvalue weighted by atomic mass is 9.99. The maximum Gasteiger partial charge on any atom is 0.188 e. The van der Waals surface area contributed by atoms with Crippen LogP contribution in [0.2, 0.25) is 0 Å². The number of aromatic nitrogens is 3. The highest BCUT2D eigenvalue weighted by atomic mass is 15.0. The summed E-state index contributed by atoms with van der Waals surface area (Å²) in [5.41, 5.74) is 12.6. The van der Waals surface area contributed by atoms with E-state index in [0.29, 0.717) is 11.3 Å². The van der Waals surface area contributed by atoms with Gasteiger partial charge in [0.15, 0.2) is 5.69 Å². The molecule has 0 aliphatic rings. The highest BCUT2D eigenvalue weighted by Crippen LogP contribution is 2.43. The second kappa shape index (κ2) is 11.8. The smallest absolute Gasteiger partial charge is 0.188 e. The van der Waals surface area contributed by atoms with Crippen LogP contribution in [0.5, 0.6) is 0 Å². The quantitative estimate of drug-likeness (QED) is 0.169. The predicted molar refractivity (Wildman–Crippen MR) is 226 cm³/mol. The summed E-state index contributed by atoms with van der Waals surface area (Å²) >= 11 is 0. The van der Waals surface area contributed by atoms with Crippen LogP contribution in [-0.2, 0) is 0 Å². The molecule has 3 heterocycles. The van der Waals surface area contributed by atoms with Crippen molar-refractivity contribution in [3.63, 3.8) is 0 Å². The van der Waals surface area contributed by atoms with Gasteiger partial charge < -0.3 is 13.7 Å². The van der Waals surface area contributed by atoms with Crippen molar-refractivity contribution in [3.8, 4) is 34.3 Å². The summed E-state index contributed by atoms with van der Waals surface area (Å²) in [7, 11) is 0. The Morgan fingerprint density at radius 3 is 1.71 bits per heavy atom. The largest absolute Gasteiger partial charge is 0.309 e. The Kier molecular flexibility index (Phi) is 6.61. The average molecular weight is 700 g/mol. The fourth-order valence-corrected chi connectivity index (χ4v) is 8.84. The molecule has 0 fully saturated rings. The molecule has 0 bridgehead atoms. The molecule has 5 heteroatoms. The lowest BCUT2D eigenvalue weighted by molar-refractivity contribution is 1.16. The first kappa shape index (κ1) is 30.7. The first-order chi connectivity index (χ1) is 27.2. The van der Waals surface area contributed by atoms with Crippen LogP contribution in [0.4, 0.5) is 5.69 Å². The average Bonchev–Trinajstić information content (AvgIpc) is 3.89. The van der Waals surface area contributed by atoms with Gasteiger partial charge in [-0.3, -0.25) is 0 Å². The summed E-state index contributed by atoms with van der Waals surface area (Å²) in [6, 6.07) is 63.7. The van der Waals surface area contributed by atoms with E-state index in [9.17, 15) is 5.26 Å². The molecule has 0 N–H and O–H groups in total. The number of benzene rings is 8. The molecule has 11 aromatic rings. The minimum absolute atomic E-state index is 0.594. The van der Waals surface area contributed by atoms with Gasteiger partial charge in [-0.05, 0) is 77.7 Å². The number of rotatable bonds is 4. The predicted octanol–water partition coefficient (Wildman–Crippen LogP) is 13.1. The number of nitriles is 1. The van der Waals surface area contributed by atoms with E-state index < -0.39 is 0 Å². The zero-order chi connectivity index (χ0) is 36.6. The Morgan fingerprint density at radius 2 is 1.02 bits per heavy atom. The summed E-state index contributed by atoms with van der Waals surface area (Å²) in [6.45, 7) is 7.64. The molecule has 0 aliphatic heterocycles. The molecule has 8 aromatic carbocycles. The minimum Gasteiger partial charge on any atom is -0.309 e. The molecule has 0 saturated heterocycles. The SMILES string of the molecule is [C-]#[N+]c1ccc2c(c1)c1ccccc1n2-c1cccc(-c2cccc(C#N)c2-n2c3ccccc3c3c(-n4c5ccccc5c5ccccc54)cccc32)c1. The number of hydrogen-bond donors (Lipinski definition) is 0. The van der Waals surface area contributed by atoms with E-state index in [-0.39, 0.29) is 0 Å². The van der Waals surface area contributed by atoms with Crippen LogP contribution >= 0.6 is 0 Å². The van der Waals surface area contributed by atoms with Crippen LogP contribution in [0, 0.1) is 17.9 Å². The highest BCUT2D eigenvalue weighted by Gasteiger charge is 2.23. The van der Waals surface area contributed by atoms with Crippen molar-refractivity contribution >= 4 is 71.1 Å². The molecule has 0 atom stereocenters. The third kappa shape index (κ3) is 4.39. The van der Waals surface area contributed by atoms with E-state index in [1.165, 1.54) is 10.8 Å². The second-order valence-corrected chi connectivity index (χ2v) is 13.9. The lowest BCUT2D eigenvalue weighted by Gasteiger charge is -2.17. The van der Waals surface area contributed by atoms with Crippen molar-refractivity contribution in [1.82, 2.24) is 13.7 Å². The van der Waals surface area contributed by atoms with Crippen molar-refractivity contribution in [2.24, 2.45) is 0 Å². The number of hydrogen-bond acceptors (Lipinski definition) is 1. The summed E-state index contributed by atoms with van der Waals surface area (Å²) in [5, 5.41) is 17.6. The molecular formula is C50H29N5. The van der Waals surface area contributed by atoms with E-state index in [1.807, 2.05) is 36.4 Å². The summed E-state index contributed by atoms with van der Waals surface area (Å²) in [4.78, 5) is 3.71. The monoisotopic (exact) mass is 699 g/mol. The van der Waals surface area contributed by atoms with Gasteiger partial charge >= 0.3 is 0 Å². The lowest BCUT2D eigenvalue weighted by Crippen LogP contribution is -2.02. The molecular weight excluding hydrogens is 671 g/mol. The van der Waals surface area contributed by atoms with Crippen molar-refractivity contribution in [2.75, 3.05) is 0 Å². The van der Waals surface area contributed by atoms with Crippen LogP contribution in [0.3, 0.4) is 0 Å². The molecule has 0 unspecified atom stereocenters. The Labute approximate surface area is 316 Å². The fraction of sp³-hybridized carbons (Fsp3) is 0. The number of para-hydroxylation sites is 5. The highest BCUT2D eigenvalue weighted by molar-refractivity contribution is 6.17. The third-order valence-corrected chi connectivity index (χ3v) is 11.1. The van der Waals surface area contributed by atoms with E-state index in [2.05, 4.69) is 164 Å². The summed E-state index contributed by atoms with van der Waals surface area (Å²) in [5.74, 6) is 0. The molecule has 0 spiro atoms. The molecule has 0 radical (unpaired) electrons. The number of fused-ring (bicyclic) bond motifs is 9. The van der Waals surface area contributed by atoms with Crippen LogP contribution in [-0.4, -0.2) is 13.7 Å². The maximum atomic E-state index is 10.8. The number of nitrogens with zero attached hydrogens (tertiary/aromatic N) is 5. The summed E-state index contributed by atoms with van der Waals surface area (Å²) < 4.78 is 6.94. The fourth-order valence-electron chi connectivity index (χ4n) is 8.84. The van der Waals surface area contributed by atoms with E-state index in [4.69, 9.17) is 6.57 Å². The van der Waals surface area contributed by atoms with Gasteiger partial charge in [0, 0.05) is 38.2 Å². The second-order valence-electron chi connectivity index (χ2n) is 13.9. The van der Waals surface area contributed by atoms with E-state index in [1.54, 1.807) is 0 Å². The molecule has 55 heavy (non-hydrogen) atoms. The Balaban J connectivity index is 1.19. The Hall–Kier alpha value is -7.86. The van der Waals surface area contributed by atoms with Gasteiger partial charge in [0.2, 0.25) is 0 Å². The minimum atomic E-state index is 0.594. The van der Waals surface area contributed by atoms with Crippen LogP contribution in [0.1, 0.15) is 5.56 Å². The van der Waals surface area contributed by atoms with Gasteiger partial charge in [0.05, 0.1) is 56.6 Å². The first-order valence-corrected chi connectivity index (χ1v) is 18.3. The molecule has 254 valence electrons. The van der Waals surface area contributed by atoms with Gasteiger partial charge in [-0.25, -0.2) is 4.85 Å². The van der Waals surface area contributed by atoms with Gasteiger partial charge in [-0.2, -0.15) is 5.26 Å². The molecule has 11 rings (SSSR count). The molecule has 3 aromatic heterocycles. The maximum absolute atomic E-state index is 10.8. The van der Waals surface area contributed by atoms with Crippen LogP contribution in [0.25, 0.3) is 98.5 Å². The molecule has 5 nitrogen and oxygen atoms in total. The summed E-state index contributed by atoms with van der Waals surface area (Å²) in [6.07, 6.45) is 0. The van der Waals surface area contributed by atoms with Crippen molar-refractivity contribution in [1.29, 1.82) is 5.26 Å². The normalized spacial score (nSPS) is 11.6. The zero-order valence-electron chi connectivity index (χ0n) is 29.5. The van der Waals surface area contributed by atoms with E-state index in [0.717, 1.165) is 82.8 Å². The topological polar surface area (TPSA) is 42.9 Å². The zero-order valence-corrected chi connectivity index (χ0v) is 29.5. The van der Waals surface area contributed by atoms with E-state index >= 15 is 0 Å². The van der Waals surface area contributed by atoms with Gasteiger partial charge in [0.1, 0.15) is 6.07 Å². The van der Waals surface area contributed by atoms with Crippen LogP contribution < -0.4 is 0 Å². The first-order valence-electron chi connectivity index (χ1n) is 18.3. The Morgan fingerprint density at radius 1 is 0.455 bits per heavy atom.